The van der Waals surface area contributed by atoms with Crippen LogP contribution in [0, 0.1) is 0 Å². The van der Waals surface area contributed by atoms with E-state index in [9.17, 15) is 9.59 Å². The third-order valence-electron chi connectivity index (χ3n) is 3.01. The normalized spacial score (nSPS) is 10.5. The van der Waals surface area contributed by atoms with Gasteiger partial charge in [-0.05, 0) is 25.1 Å². The van der Waals surface area contributed by atoms with E-state index in [1.807, 2.05) is 6.92 Å². The molecule has 20 heavy (non-hydrogen) atoms. The first kappa shape index (κ1) is 13.9. The monoisotopic (exact) mass is 275 g/mol. The Morgan fingerprint density at radius 3 is 2.90 bits per heavy atom. The van der Waals surface area contributed by atoms with Crippen molar-refractivity contribution in [1.82, 2.24) is 15.3 Å². The van der Waals surface area contributed by atoms with Crippen molar-refractivity contribution in [2.75, 3.05) is 30.8 Å². The number of hydrogen-bond donors (Lipinski definition) is 3. The molecule has 0 aliphatic heterocycles. The predicted molar refractivity (Wildman–Crippen MR) is 78.7 cm³/mol. The van der Waals surface area contributed by atoms with Crippen molar-refractivity contribution in [2.45, 2.75) is 6.92 Å². The molecule has 0 bridgehead atoms. The quantitative estimate of drug-likeness (QED) is 0.685. The van der Waals surface area contributed by atoms with Gasteiger partial charge in [0.2, 0.25) is 11.9 Å². The topological polar surface area (TPSA) is 104 Å². The van der Waals surface area contributed by atoms with Crippen LogP contribution in [-0.2, 0) is 4.79 Å². The van der Waals surface area contributed by atoms with Crippen LogP contribution in [0.5, 0.6) is 0 Å². The molecule has 0 aliphatic carbocycles. The maximum absolute atomic E-state index is 12.0. The first-order chi connectivity index (χ1) is 9.55. The average Bonchev–Trinajstić information content (AvgIpc) is 2.45. The van der Waals surface area contributed by atoms with Gasteiger partial charge in [0.1, 0.15) is 0 Å². The second-order valence-corrected chi connectivity index (χ2v) is 4.35. The highest BCUT2D eigenvalue weighted by Crippen LogP contribution is 2.14. The Labute approximate surface area is 115 Å². The second kappa shape index (κ2) is 5.60. The van der Waals surface area contributed by atoms with Crippen molar-refractivity contribution >= 4 is 28.4 Å². The molecule has 0 unspecified atom stereocenters. The third-order valence-corrected chi connectivity index (χ3v) is 3.01. The minimum absolute atomic E-state index is 0.135. The molecule has 0 aliphatic rings. The smallest absolute Gasteiger partial charge is 0.260 e. The number of hydrogen-bond acceptors (Lipinski definition) is 5. The zero-order valence-corrected chi connectivity index (χ0v) is 11.4. The lowest BCUT2D eigenvalue weighted by Gasteiger charge is -2.20. The van der Waals surface area contributed by atoms with Crippen molar-refractivity contribution < 1.29 is 4.79 Å². The Kier molecular flexibility index (Phi) is 3.88. The van der Waals surface area contributed by atoms with Crippen LogP contribution in [0.25, 0.3) is 10.9 Å². The number of H-pyrrole nitrogens is 1. The zero-order valence-electron chi connectivity index (χ0n) is 11.4. The van der Waals surface area contributed by atoms with E-state index in [4.69, 9.17) is 5.73 Å². The number of benzene rings is 1. The molecule has 1 aromatic carbocycles. The van der Waals surface area contributed by atoms with Crippen LogP contribution in [0.3, 0.4) is 0 Å². The van der Waals surface area contributed by atoms with Crippen LogP contribution in [0.2, 0.25) is 0 Å². The van der Waals surface area contributed by atoms with Gasteiger partial charge in [-0.25, -0.2) is 4.98 Å². The number of nitrogens with one attached hydrogen (secondary N) is 2. The zero-order chi connectivity index (χ0) is 14.7. The molecule has 2 rings (SSSR count). The summed E-state index contributed by atoms with van der Waals surface area (Å²) in [5, 5.41) is 2.98. The van der Waals surface area contributed by atoms with E-state index in [2.05, 4.69) is 15.3 Å². The molecule has 0 saturated carbocycles. The number of nitrogens with two attached hydrogens (primary N) is 1. The fourth-order valence-electron chi connectivity index (χ4n) is 1.88. The first-order valence-corrected chi connectivity index (χ1v) is 6.30. The SMILES string of the molecule is CCN(CC(=O)NC)c1nc2ccc(N)cc2c(=O)[nH]1. The van der Waals surface area contributed by atoms with Crippen molar-refractivity contribution in [2.24, 2.45) is 0 Å². The fourth-order valence-corrected chi connectivity index (χ4v) is 1.88. The summed E-state index contributed by atoms with van der Waals surface area (Å²) in [5.74, 6) is 0.227. The van der Waals surface area contributed by atoms with Gasteiger partial charge in [0.15, 0.2) is 0 Å². The molecule has 106 valence electrons. The Balaban J connectivity index is 2.46. The Hall–Kier alpha value is -2.57. The van der Waals surface area contributed by atoms with E-state index in [1.54, 1.807) is 30.1 Å². The molecule has 1 heterocycles. The molecule has 7 heteroatoms. The van der Waals surface area contributed by atoms with Crippen molar-refractivity contribution in [3.63, 3.8) is 0 Å². The molecule has 0 spiro atoms. The highest BCUT2D eigenvalue weighted by Gasteiger charge is 2.13. The minimum atomic E-state index is -0.271. The van der Waals surface area contributed by atoms with Crippen molar-refractivity contribution in [1.29, 1.82) is 0 Å². The number of carbonyl (C=O) groups excluding carboxylic acids is 1. The van der Waals surface area contributed by atoms with Gasteiger partial charge in [0.05, 0.1) is 17.4 Å². The van der Waals surface area contributed by atoms with E-state index in [0.29, 0.717) is 29.1 Å². The van der Waals surface area contributed by atoms with E-state index in [-0.39, 0.29) is 18.0 Å². The predicted octanol–water partition coefficient (Wildman–Crippen LogP) is 0.0776. The van der Waals surface area contributed by atoms with Crippen LogP contribution in [0.15, 0.2) is 23.0 Å². The van der Waals surface area contributed by atoms with Crippen LogP contribution in [-0.4, -0.2) is 36.0 Å². The number of anilines is 2. The molecular weight excluding hydrogens is 258 g/mol. The highest BCUT2D eigenvalue weighted by atomic mass is 16.2. The lowest BCUT2D eigenvalue weighted by atomic mass is 10.2. The first-order valence-electron chi connectivity index (χ1n) is 6.30. The molecule has 0 radical (unpaired) electrons. The number of rotatable bonds is 4. The number of fused-ring (bicyclic) bond motifs is 1. The number of nitrogens with zero attached hydrogens (tertiary/aromatic N) is 2. The summed E-state index contributed by atoms with van der Waals surface area (Å²) >= 11 is 0. The number of aromatic amines is 1. The molecule has 4 N–H and O–H groups in total. The van der Waals surface area contributed by atoms with E-state index in [0.717, 1.165) is 0 Å². The molecule has 2 aromatic rings. The number of nitrogen functional groups attached to an aromatic ring is 1. The lowest BCUT2D eigenvalue weighted by molar-refractivity contribution is -0.119. The third kappa shape index (κ3) is 2.71. The van der Waals surface area contributed by atoms with Crippen LogP contribution in [0.1, 0.15) is 6.92 Å². The lowest BCUT2D eigenvalue weighted by Crippen LogP contribution is -2.37. The molecule has 7 nitrogen and oxygen atoms in total. The van der Waals surface area contributed by atoms with Gasteiger partial charge in [-0.15, -0.1) is 0 Å². The van der Waals surface area contributed by atoms with Gasteiger partial charge in [0.25, 0.3) is 5.56 Å². The second-order valence-electron chi connectivity index (χ2n) is 4.35. The van der Waals surface area contributed by atoms with Gasteiger partial charge in [0, 0.05) is 19.3 Å². The van der Waals surface area contributed by atoms with Crippen molar-refractivity contribution in [3.05, 3.63) is 28.6 Å². The number of likely N-dealkylation sites (N-methyl/N-ethyl adjacent to an activating group) is 2. The summed E-state index contributed by atoms with van der Waals surface area (Å²) in [6.07, 6.45) is 0. The summed E-state index contributed by atoms with van der Waals surface area (Å²) < 4.78 is 0. The van der Waals surface area contributed by atoms with Gasteiger partial charge in [-0.3, -0.25) is 14.6 Å². The van der Waals surface area contributed by atoms with Gasteiger partial charge in [-0.2, -0.15) is 0 Å². The van der Waals surface area contributed by atoms with Crippen molar-refractivity contribution in [3.8, 4) is 0 Å². The molecule has 0 saturated heterocycles. The van der Waals surface area contributed by atoms with Crippen LogP contribution < -0.4 is 21.5 Å². The van der Waals surface area contributed by atoms with E-state index in [1.165, 1.54) is 0 Å². The van der Waals surface area contributed by atoms with Gasteiger partial charge >= 0.3 is 0 Å². The maximum Gasteiger partial charge on any atom is 0.260 e. The number of aromatic nitrogens is 2. The molecule has 1 amide bonds. The summed E-state index contributed by atoms with van der Waals surface area (Å²) in [4.78, 5) is 32.3. The summed E-state index contributed by atoms with van der Waals surface area (Å²) in [6.45, 7) is 2.57. The van der Waals surface area contributed by atoms with Gasteiger partial charge in [-0.1, -0.05) is 0 Å². The molecular formula is C13H17N5O2. The molecule has 0 fully saturated rings. The number of carbonyl (C=O) groups is 1. The van der Waals surface area contributed by atoms with Crippen LogP contribution >= 0.6 is 0 Å². The Bertz CT molecular complexity index is 695. The summed E-state index contributed by atoms with van der Waals surface area (Å²) in [7, 11) is 1.56. The maximum atomic E-state index is 12.0. The van der Waals surface area contributed by atoms with E-state index < -0.39 is 0 Å². The summed E-state index contributed by atoms with van der Waals surface area (Å²) in [6, 6.07) is 4.96. The average molecular weight is 275 g/mol. The molecule has 0 atom stereocenters. The minimum Gasteiger partial charge on any atom is -0.399 e. The fraction of sp³-hybridized carbons (Fsp3) is 0.308. The Morgan fingerprint density at radius 2 is 2.25 bits per heavy atom. The molecule has 1 aromatic heterocycles. The standard InChI is InChI=1S/C13H17N5O2/c1-3-18(7-11(19)15-2)13-16-10-5-4-8(14)6-9(10)12(20)17-13/h4-6H,3,7,14H2,1-2H3,(H,15,19)(H,16,17,20). The number of amides is 1. The van der Waals surface area contributed by atoms with Gasteiger partial charge < -0.3 is 16.0 Å². The van der Waals surface area contributed by atoms with E-state index >= 15 is 0 Å². The summed E-state index contributed by atoms with van der Waals surface area (Å²) in [5.41, 5.74) is 6.44. The van der Waals surface area contributed by atoms with Crippen LogP contribution in [0.4, 0.5) is 11.6 Å². The Morgan fingerprint density at radius 1 is 1.50 bits per heavy atom. The highest BCUT2D eigenvalue weighted by molar-refractivity contribution is 5.83. The largest absolute Gasteiger partial charge is 0.399 e.